The highest BCUT2D eigenvalue weighted by molar-refractivity contribution is 5.43. The van der Waals surface area contributed by atoms with Crippen molar-refractivity contribution in [1.29, 1.82) is 0 Å². The summed E-state index contributed by atoms with van der Waals surface area (Å²) in [5.41, 5.74) is 4.06. The van der Waals surface area contributed by atoms with E-state index in [2.05, 4.69) is 38.2 Å². The molecule has 1 aliphatic carbocycles. The second kappa shape index (κ2) is 7.12. The van der Waals surface area contributed by atoms with E-state index in [1.165, 1.54) is 48.8 Å². The van der Waals surface area contributed by atoms with Crippen molar-refractivity contribution < 1.29 is 4.74 Å². The third kappa shape index (κ3) is 3.35. The van der Waals surface area contributed by atoms with Crippen LogP contribution in [0.25, 0.3) is 0 Å². The molecule has 1 aromatic rings. The summed E-state index contributed by atoms with van der Waals surface area (Å²) in [5.74, 6) is 1.79. The van der Waals surface area contributed by atoms with Gasteiger partial charge in [0.05, 0.1) is 7.11 Å². The highest BCUT2D eigenvalue weighted by atomic mass is 16.5. The zero-order chi connectivity index (χ0) is 14.5. The number of hydrogen-bond acceptors (Lipinski definition) is 2. The molecule has 20 heavy (non-hydrogen) atoms. The normalized spacial score (nSPS) is 18.0. The van der Waals surface area contributed by atoms with Crippen LogP contribution in [0.3, 0.4) is 0 Å². The van der Waals surface area contributed by atoms with E-state index in [4.69, 9.17) is 4.74 Å². The molecule has 1 unspecified atom stereocenters. The van der Waals surface area contributed by atoms with Crippen molar-refractivity contribution >= 4 is 0 Å². The van der Waals surface area contributed by atoms with Gasteiger partial charge in [-0.1, -0.05) is 32.3 Å². The van der Waals surface area contributed by atoms with E-state index in [-0.39, 0.29) is 0 Å². The Labute approximate surface area is 123 Å². The molecule has 0 heterocycles. The third-order valence-electron chi connectivity index (χ3n) is 4.66. The first-order chi connectivity index (χ1) is 9.67. The lowest BCUT2D eigenvalue weighted by Crippen LogP contribution is -2.30. The average molecular weight is 275 g/mol. The molecule has 1 atom stereocenters. The maximum absolute atomic E-state index is 5.45. The Morgan fingerprint density at radius 3 is 2.45 bits per heavy atom. The Hall–Kier alpha value is -1.02. The van der Waals surface area contributed by atoms with Crippen LogP contribution in [-0.2, 0) is 0 Å². The number of rotatable bonds is 5. The fourth-order valence-electron chi connectivity index (χ4n) is 3.58. The van der Waals surface area contributed by atoms with Gasteiger partial charge >= 0.3 is 0 Å². The number of methoxy groups -OCH3 is 1. The highest BCUT2D eigenvalue weighted by Gasteiger charge is 2.26. The molecule has 0 spiro atoms. The van der Waals surface area contributed by atoms with Gasteiger partial charge in [0.2, 0.25) is 0 Å². The predicted octanol–water partition coefficient (Wildman–Crippen LogP) is 4.54. The van der Waals surface area contributed by atoms with Gasteiger partial charge < -0.3 is 10.1 Å². The van der Waals surface area contributed by atoms with Crippen molar-refractivity contribution in [3.8, 4) is 5.75 Å². The van der Waals surface area contributed by atoms with Crippen LogP contribution >= 0.6 is 0 Å². The van der Waals surface area contributed by atoms with Crippen molar-refractivity contribution in [2.75, 3.05) is 13.7 Å². The van der Waals surface area contributed by atoms with Gasteiger partial charge in [0.25, 0.3) is 0 Å². The predicted molar refractivity (Wildman–Crippen MR) is 85.5 cm³/mol. The first-order valence-electron chi connectivity index (χ1n) is 8.05. The number of nitrogens with one attached hydrogen (secondary N) is 1. The van der Waals surface area contributed by atoms with E-state index in [1.807, 2.05) is 0 Å². The Bertz CT molecular complexity index is 435. The molecular formula is C18H29NO. The minimum atomic E-state index is 0.505. The molecule has 0 aromatic heterocycles. The Morgan fingerprint density at radius 2 is 1.85 bits per heavy atom. The number of aryl methyl sites for hydroxylation is 2. The molecule has 1 aromatic carbocycles. The van der Waals surface area contributed by atoms with E-state index in [1.54, 1.807) is 7.11 Å². The molecule has 0 radical (unpaired) electrons. The van der Waals surface area contributed by atoms with Gasteiger partial charge in [-0.05, 0) is 61.9 Å². The average Bonchev–Trinajstić information content (AvgIpc) is 2.48. The van der Waals surface area contributed by atoms with Crippen LogP contribution in [0.2, 0.25) is 0 Å². The molecule has 2 nitrogen and oxygen atoms in total. The zero-order valence-electron chi connectivity index (χ0n) is 13.5. The molecule has 2 heteroatoms. The van der Waals surface area contributed by atoms with Gasteiger partial charge in [0, 0.05) is 6.04 Å². The summed E-state index contributed by atoms with van der Waals surface area (Å²) in [6.07, 6.45) is 6.92. The number of ether oxygens (including phenoxy) is 1. The molecule has 112 valence electrons. The second-order valence-corrected chi connectivity index (χ2v) is 6.11. The Balaban J connectivity index is 2.30. The molecule has 2 rings (SSSR count). The van der Waals surface area contributed by atoms with E-state index in [0.717, 1.165) is 18.2 Å². The molecule has 1 saturated carbocycles. The quantitative estimate of drug-likeness (QED) is 0.851. The van der Waals surface area contributed by atoms with Gasteiger partial charge in [-0.15, -0.1) is 0 Å². The summed E-state index contributed by atoms with van der Waals surface area (Å²) in [4.78, 5) is 0. The van der Waals surface area contributed by atoms with Crippen molar-refractivity contribution in [2.45, 2.75) is 58.9 Å². The Morgan fingerprint density at radius 1 is 1.15 bits per heavy atom. The molecular weight excluding hydrogens is 246 g/mol. The molecule has 0 saturated heterocycles. The summed E-state index contributed by atoms with van der Waals surface area (Å²) in [6.45, 7) is 7.60. The van der Waals surface area contributed by atoms with E-state index in [0.29, 0.717) is 6.04 Å². The molecule has 0 amide bonds. The van der Waals surface area contributed by atoms with Crippen molar-refractivity contribution in [1.82, 2.24) is 5.32 Å². The fourth-order valence-corrected chi connectivity index (χ4v) is 3.58. The highest BCUT2D eigenvalue weighted by Crippen LogP contribution is 2.37. The van der Waals surface area contributed by atoms with Crippen molar-refractivity contribution in [3.05, 3.63) is 28.8 Å². The molecule has 1 fully saturated rings. The largest absolute Gasteiger partial charge is 0.496 e. The fraction of sp³-hybridized carbons (Fsp3) is 0.667. The minimum absolute atomic E-state index is 0.505. The molecule has 0 aliphatic heterocycles. The first-order valence-corrected chi connectivity index (χ1v) is 8.05. The van der Waals surface area contributed by atoms with Gasteiger partial charge in [-0.2, -0.15) is 0 Å². The lowest BCUT2D eigenvalue weighted by molar-refractivity contribution is 0.273. The van der Waals surface area contributed by atoms with E-state index < -0.39 is 0 Å². The summed E-state index contributed by atoms with van der Waals surface area (Å²) >= 11 is 0. The number of hydrogen-bond donors (Lipinski definition) is 1. The standard InChI is InChI=1S/C18H29NO/c1-5-19-18(15-9-7-6-8-10-15)16-11-14(3)17(20-4)12-13(16)2/h11-12,15,18-19H,5-10H2,1-4H3. The van der Waals surface area contributed by atoms with Crippen LogP contribution in [-0.4, -0.2) is 13.7 Å². The molecule has 1 aliphatic rings. The van der Waals surface area contributed by atoms with E-state index in [9.17, 15) is 0 Å². The maximum atomic E-state index is 5.45. The van der Waals surface area contributed by atoms with Crippen LogP contribution in [0.4, 0.5) is 0 Å². The lowest BCUT2D eigenvalue weighted by atomic mass is 9.79. The third-order valence-corrected chi connectivity index (χ3v) is 4.66. The van der Waals surface area contributed by atoms with Crippen LogP contribution in [0, 0.1) is 19.8 Å². The number of benzene rings is 1. The summed E-state index contributed by atoms with van der Waals surface area (Å²) in [5, 5.41) is 3.73. The second-order valence-electron chi connectivity index (χ2n) is 6.11. The topological polar surface area (TPSA) is 21.3 Å². The monoisotopic (exact) mass is 275 g/mol. The van der Waals surface area contributed by atoms with Gasteiger partial charge in [0.1, 0.15) is 5.75 Å². The van der Waals surface area contributed by atoms with Gasteiger partial charge in [0.15, 0.2) is 0 Å². The maximum Gasteiger partial charge on any atom is 0.122 e. The SMILES string of the molecule is CCNC(c1cc(C)c(OC)cc1C)C1CCCCC1. The van der Waals surface area contributed by atoms with Gasteiger partial charge in [-0.3, -0.25) is 0 Å². The van der Waals surface area contributed by atoms with Crippen LogP contribution in [0.15, 0.2) is 12.1 Å². The zero-order valence-corrected chi connectivity index (χ0v) is 13.5. The summed E-state index contributed by atoms with van der Waals surface area (Å²) in [7, 11) is 1.75. The summed E-state index contributed by atoms with van der Waals surface area (Å²) < 4.78 is 5.45. The first kappa shape index (κ1) is 15.4. The lowest BCUT2D eigenvalue weighted by Gasteiger charge is -2.32. The van der Waals surface area contributed by atoms with Gasteiger partial charge in [-0.25, -0.2) is 0 Å². The van der Waals surface area contributed by atoms with Crippen LogP contribution < -0.4 is 10.1 Å². The smallest absolute Gasteiger partial charge is 0.122 e. The van der Waals surface area contributed by atoms with Crippen molar-refractivity contribution in [3.63, 3.8) is 0 Å². The Kier molecular flexibility index (Phi) is 5.47. The van der Waals surface area contributed by atoms with Crippen LogP contribution in [0.5, 0.6) is 5.75 Å². The van der Waals surface area contributed by atoms with Crippen LogP contribution in [0.1, 0.15) is 61.8 Å². The molecule has 0 bridgehead atoms. The van der Waals surface area contributed by atoms with E-state index >= 15 is 0 Å². The van der Waals surface area contributed by atoms with Crippen molar-refractivity contribution in [2.24, 2.45) is 5.92 Å². The molecule has 1 N–H and O–H groups in total. The summed E-state index contributed by atoms with van der Waals surface area (Å²) in [6, 6.07) is 5.03. The minimum Gasteiger partial charge on any atom is -0.496 e.